The van der Waals surface area contributed by atoms with E-state index in [1.807, 2.05) is 48.8 Å². The van der Waals surface area contributed by atoms with Crippen molar-refractivity contribution in [3.63, 3.8) is 0 Å². The fourth-order valence-electron chi connectivity index (χ4n) is 4.25. The molecular formula is C30H27N3O. The molecular weight excluding hydrogens is 418 g/mol. The van der Waals surface area contributed by atoms with Gasteiger partial charge in [0.25, 0.3) is 0 Å². The number of aromatic nitrogens is 2. The Morgan fingerprint density at radius 3 is 2.32 bits per heavy atom. The largest absolute Gasteiger partial charge is 0.487 e. The first-order chi connectivity index (χ1) is 16.7. The molecule has 0 radical (unpaired) electrons. The smallest absolute Gasteiger partial charge is 0.130 e. The molecule has 0 amide bonds. The van der Waals surface area contributed by atoms with Crippen LogP contribution in [0.15, 0.2) is 103 Å². The molecule has 4 nitrogen and oxygen atoms in total. The van der Waals surface area contributed by atoms with E-state index in [0.717, 1.165) is 34.5 Å². The third kappa shape index (κ3) is 4.82. The average molecular weight is 446 g/mol. The van der Waals surface area contributed by atoms with Crippen molar-refractivity contribution in [2.24, 2.45) is 0 Å². The topological polar surface area (TPSA) is 38.2 Å². The number of rotatable bonds is 7. The van der Waals surface area contributed by atoms with Gasteiger partial charge in [-0.2, -0.15) is 0 Å². The number of hydrogen-bond donors (Lipinski definition) is 0. The Labute approximate surface area is 200 Å². The Hall–Kier alpha value is -4.02. The van der Waals surface area contributed by atoms with Crippen LogP contribution in [-0.4, -0.2) is 29.0 Å². The predicted molar refractivity (Wildman–Crippen MR) is 139 cm³/mol. The Bertz CT molecular complexity index is 1400. The van der Waals surface area contributed by atoms with Crippen LogP contribution >= 0.6 is 0 Å². The van der Waals surface area contributed by atoms with E-state index in [9.17, 15) is 0 Å². The number of ether oxygens (including phenoxy) is 1. The van der Waals surface area contributed by atoms with Gasteiger partial charge in [-0.15, -0.1) is 0 Å². The van der Waals surface area contributed by atoms with Crippen molar-refractivity contribution in [1.29, 1.82) is 0 Å². The van der Waals surface area contributed by atoms with Crippen molar-refractivity contribution in [2.75, 3.05) is 14.1 Å². The molecule has 2 heterocycles. The SMILES string of the molecule is CN(C)Cc1cccc(-c2ccncc2)c1-c1ccc(OCc2ccc3ccccc3n2)cc1. The van der Waals surface area contributed by atoms with Crippen molar-refractivity contribution in [2.45, 2.75) is 13.2 Å². The maximum atomic E-state index is 6.06. The lowest BCUT2D eigenvalue weighted by Crippen LogP contribution is -2.11. The van der Waals surface area contributed by atoms with E-state index in [-0.39, 0.29) is 0 Å². The zero-order chi connectivity index (χ0) is 23.3. The second-order valence-electron chi connectivity index (χ2n) is 8.62. The summed E-state index contributed by atoms with van der Waals surface area (Å²) in [6, 6.07) is 31.2. The molecule has 0 spiro atoms. The summed E-state index contributed by atoms with van der Waals surface area (Å²) in [7, 11) is 4.20. The van der Waals surface area contributed by atoms with Crippen LogP contribution in [0.4, 0.5) is 0 Å². The lowest BCUT2D eigenvalue weighted by molar-refractivity contribution is 0.302. The molecule has 2 aromatic heterocycles. The zero-order valence-corrected chi connectivity index (χ0v) is 19.5. The van der Waals surface area contributed by atoms with Crippen LogP contribution in [0.25, 0.3) is 33.2 Å². The van der Waals surface area contributed by atoms with Crippen LogP contribution in [0.2, 0.25) is 0 Å². The molecule has 0 bridgehead atoms. The van der Waals surface area contributed by atoms with Crippen LogP contribution in [0.5, 0.6) is 5.75 Å². The molecule has 0 aliphatic heterocycles. The summed E-state index contributed by atoms with van der Waals surface area (Å²) < 4.78 is 6.06. The van der Waals surface area contributed by atoms with Crippen molar-refractivity contribution >= 4 is 10.9 Å². The van der Waals surface area contributed by atoms with Gasteiger partial charge < -0.3 is 9.64 Å². The fourth-order valence-corrected chi connectivity index (χ4v) is 4.25. The number of fused-ring (bicyclic) bond motifs is 1. The molecule has 4 heteroatoms. The third-order valence-electron chi connectivity index (χ3n) is 5.81. The maximum Gasteiger partial charge on any atom is 0.130 e. The minimum atomic E-state index is 0.434. The van der Waals surface area contributed by atoms with Crippen molar-refractivity contribution < 1.29 is 4.74 Å². The van der Waals surface area contributed by atoms with Gasteiger partial charge >= 0.3 is 0 Å². The first-order valence-electron chi connectivity index (χ1n) is 11.4. The molecule has 5 aromatic rings. The highest BCUT2D eigenvalue weighted by Gasteiger charge is 2.13. The summed E-state index contributed by atoms with van der Waals surface area (Å²) >= 11 is 0. The molecule has 0 atom stereocenters. The molecule has 168 valence electrons. The maximum absolute atomic E-state index is 6.06. The van der Waals surface area contributed by atoms with Gasteiger partial charge in [-0.3, -0.25) is 4.98 Å². The van der Waals surface area contributed by atoms with E-state index in [1.54, 1.807) is 0 Å². The van der Waals surface area contributed by atoms with Gasteiger partial charge in [0.05, 0.1) is 11.2 Å². The van der Waals surface area contributed by atoms with Crippen LogP contribution in [0.1, 0.15) is 11.3 Å². The quantitative estimate of drug-likeness (QED) is 0.283. The van der Waals surface area contributed by atoms with Crippen molar-refractivity contribution in [3.05, 3.63) is 115 Å². The minimum Gasteiger partial charge on any atom is -0.487 e. The van der Waals surface area contributed by atoms with Gasteiger partial charge in [-0.1, -0.05) is 54.6 Å². The molecule has 0 N–H and O–H groups in total. The predicted octanol–water partition coefficient (Wildman–Crippen LogP) is 6.60. The Kier molecular flexibility index (Phi) is 6.32. The van der Waals surface area contributed by atoms with E-state index in [0.29, 0.717) is 6.61 Å². The average Bonchev–Trinajstić information content (AvgIpc) is 2.88. The Morgan fingerprint density at radius 2 is 1.53 bits per heavy atom. The Morgan fingerprint density at radius 1 is 0.735 bits per heavy atom. The lowest BCUT2D eigenvalue weighted by Gasteiger charge is -2.19. The lowest BCUT2D eigenvalue weighted by atomic mass is 9.90. The summed E-state index contributed by atoms with van der Waals surface area (Å²) in [5.74, 6) is 0.828. The van der Waals surface area contributed by atoms with Crippen LogP contribution in [-0.2, 0) is 13.2 Å². The van der Waals surface area contributed by atoms with E-state index in [2.05, 4.69) is 78.6 Å². The molecule has 0 unspecified atom stereocenters. The molecule has 34 heavy (non-hydrogen) atoms. The Balaban J connectivity index is 1.42. The number of benzene rings is 3. The van der Waals surface area contributed by atoms with Crippen LogP contribution in [0.3, 0.4) is 0 Å². The van der Waals surface area contributed by atoms with Gasteiger partial charge in [0, 0.05) is 24.3 Å². The number of nitrogens with zero attached hydrogens (tertiary/aromatic N) is 3. The van der Waals surface area contributed by atoms with E-state index >= 15 is 0 Å². The first kappa shape index (κ1) is 21.8. The van der Waals surface area contributed by atoms with Crippen LogP contribution in [0, 0.1) is 0 Å². The third-order valence-corrected chi connectivity index (χ3v) is 5.81. The molecule has 0 saturated carbocycles. The summed E-state index contributed by atoms with van der Waals surface area (Å²) in [6.45, 7) is 1.30. The normalized spacial score (nSPS) is 11.1. The number of pyridine rings is 2. The van der Waals surface area contributed by atoms with E-state index in [1.165, 1.54) is 22.3 Å². The molecule has 3 aromatic carbocycles. The second-order valence-corrected chi connectivity index (χ2v) is 8.62. The van der Waals surface area contributed by atoms with E-state index < -0.39 is 0 Å². The van der Waals surface area contributed by atoms with Crippen molar-refractivity contribution in [3.8, 4) is 28.0 Å². The molecule has 5 rings (SSSR count). The van der Waals surface area contributed by atoms with Gasteiger partial charge in [-0.25, -0.2) is 4.98 Å². The first-order valence-corrected chi connectivity index (χ1v) is 11.4. The number of hydrogen-bond acceptors (Lipinski definition) is 4. The molecule has 0 aliphatic carbocycles. The van der Waals surface area contributed by atoms with Gasteiger partial charge in [-0.05, 0) is 78.3 Å². The van der Waals surface area contributed by atoms with Crippen LogP contribution < -0.4 is 4.74 Å². The fraction of sp³-hybridized carbons (Fsp3) is 0.133. The summed E-state index contributed by atoms with van der Waals surface area (Å²) in [5, 5.41) is 1.14. The van der Waals surface area contributed by atoms with Gasteiger partial charge in [0.2, 0.25) is 0 Å². The molecule has 0 aliphatic rings. The monoisotopic (exact) mass is 445 g/mol. The second kappa shape index (κ2) is 9.86. The van der Waals surface area contributed by atoms with E-state index in [4.69, 9.17) is 9.72 Å². The summed E-state index contributed by atoms with van der Waals surface area (Å²) in [6.07, 6.45) is 3.69. The number of para-hydroxylation sites is 1. The molecule has 0 fully saturated rings. The van der Waals surface area contributed by atoms with Crippen molar-refractivity contribution in [1.82, 2.24) is 14.9 Å². The highest BCUT2D eigenvalue weighted by atomic mass is 16.5. The standard InChI is InChI=1S/C30H27N3O/c1-33(2)20-25-7-5-8-28(22-16-18-31-19-17-22)30(25)24-11-14-27(15-12-24)34-21-26-13-10-23-6-3-4-9-29(23)32-26/h3-19H,20-21H2,1-2H3. The van der Waals surface area contributed by atoms with Gasteiger partial charge in [0.1, 0.15) is 12.4 Å². The molecule has 0 saturated heterocycles. The van der Waals surface area contributed by atoms with Gasteiger partial charge in [0.15, 0.2) is 0 Å². The highest BCUT2D eigenvalue weighted by molar-refractivity contribution is 5.85. The zero-order valence-electron chi connectivity index (χ0n) is 19.5. The summed E-state index contributed by atoms with van der Waals surface area (Å²) in [5.41, 5.74) is 7.96. The summed E-state index contributed by atoms with van der Waals surface area (Å²) in [4.78, 5) is 11.1. The minimum absolute atomic E-state index is 0.434. The highest BCUT2D eigenvalue weighted by Crippen LogP contribution is 2.36.